The molecule has 2 N–H and O–H groups in total. The van der Waals surface area contributed by atoms with Gasteiger partial charge in [-0.25, -0.2) is 9.78 Å². The van der Waals surface area contributed by atoms with E-state index in [1.54, 1.807) is 11.9 Å². The topological polar surface area (TPSA) is 83.6 Å². The van der Waals surface area contributed by atoms with Gasteiger partial charge in [0.2, 0.25) is 5.91 Å². The zero-order valence-corrected chi connectivity index (χ0v) is 23.7. The summed E-state index contributed by atoms with van der Waals surface area (Å²) in [5.74, 6) is 3.46. The molecule has 7 heteroatoms. The molecule has 4 fully saturated rings. The van der Waals surface area contributed by atoms with Crippen LogP contribution in [0.2, 0.25) is 0 Å². The highest BCUT2D eigenvalue weighted by Gasteiger charge is 2.51. The van der Waals surface area contributed by atoms with Gasteiger partial charge in [-0.1, -0.05) is 6.07 Å². The molecule has 0 atom stereocenters. The Morgan fingerprint density at radius 1 is 1.05 bits per heavy atom. The summed E-state index contributed by atoms with van der Waals surface area (Å²) < 4.78 is 5.38. The fraction of sp³-hybridized carbons (Fsp3) is 0.645. The number of hydrogen-bond donors (Lipinski definition) is 2. The van der Waals surface area contributed by atoms with Gasteiger partial charge in [0, 0.05) is 30.9 Å². The predicted octanol–water partition coefficient (Wildman–Crippen LogP) is 6.76. The van der Waals surface area contributed by atoms with Crippen molar-refractivity contribution in [3.05, 3.63) is 29.8 Å². The van der Waals surface area contributed by atoms with E-state index < -0.39 is 0 Å². The number of nitrogens with zero attached hydrogens (tertiary/aromatic N) is 2. The van der Waals surface area contributed by atoms with Crippen molar-refractivity contribution in [2.24, 2.45) is 23.2 Å². The van der Waals surface area contributed by atoms with Crippen molar-refractivity contribution in [2.45, 2.75) is 84.6 Å². The monoisotopic (exact) mass is 520 g/mol. The number of aromatic nitrogens is 1. The number of ether oxygens (including phenoxy) is 1. The van der Waals surface area contributed by atoms with Crippen molar-refractivity contribution in [3.8, 4) is 0 Å². The molecular weight excluding hydrogens is 476 g/mol. The first kappa shape index (κ1) is 26.8. The van der Waals surface area contributed by atoms with Crippen molar-refractivity contribution in [1.29, 1.82) is 0 Å². The first-order valence-electron chi connectivity index (χ1n) is 14.4. The summed E-state index contributed by atoms with van der Waals surface area (Å²) in [5.41, 5.74) is 2.75. The number of benzene rings is 1. The summed E-state index contributed by atoms with van der Waals surface area (Å²) in [5, 5.41) is 7.58. The fourth-order valence-corrected chi connectivity index (χ4v) is 7.43. The quantitative estimate of drug-likeness (QED) is 0.376. The molecule has 206 valence electrons. The van der Waals surface area contributed by atoms with E-state index in [2.05, 4.69) is 10.6 Å². The Kier molecular flexibility index (Phi) is 7.31. The van der Waals surface area contributed by atoms with E-state index in [1.165, 1.54) is 38.5 Å². The minimum absolute atomic E-state index is 0.149. The number of fused-ring (bicyclic) bond motifs is 1. The van der Waals surface area contributed by atoms with Crippen LogP contribution >= 0.6 is 0 Å². The van der Waals surface area contributed by atoms with Gasteiger partial charge in [0.1, 0.15) is 5.82 Å². The van der Waals surface area contributed by atoms with Crippen LogP contribution in [0, 0.1) is 30.1 Å². The lowest BCUT2D eigenvalue weighted by atomic mass is 9.49. The van der Waals surface area contributed by atoms with Crippen molar-refractivity contribution in [2.75, 3.05) is 30.8 Å². The Labute approximate surface area is 227 Å². The van der Waals surface area contributed by atoms with Gasteiger partial charge in [-0.05, 0) is 120 Å². The maximum Gasteiger partial charge on any atom is 0.409 e. The summed E-state index contributed by atoms with van der Waals surface area (Å²) in [6, 6.07) is 8.03. The highest BCUT2D eigenvalue weighted by Crippen LogP contribution is 2.61. The average Bonchev–Trinajstić information content (AvgIpc) is 2.83. The number of hydrogen-bond acceptors (Lipinski definition) is 5. The molecule has 1 aromatic carbocycles. The van der Waals surface area contributed by atoms with Crippen LogP contribution < -0.4 is 10.6 Å². The molecule has 0 spiro atoms. The summed E-state index contributed by atoms with van der Waals surface area (Å²) in [4.78, 5) is 31.8. The molecule has 7 nitrogen and oxygen atoms in total. The Morgan fingerprint density at radius 2 is 1.71 bits per heavy atom. The number of rotatable bonds is 8. The first-order valence-corrected chi connectivity index (χ1v) is 14.4. The molecule has 2 aromatic rings. The lowest BCUT2D eigenvalue weighted by Gasteiger charge is -2.56. The minimum atomic E-state index is -0.311. The highest BCUT2D eigenvalue weighted by atomic mass is 16.6. The number of aryl methyl sites for hydroxylation is 1. The molecule has 1 heterocycles. The van der Waals surface area contributed by atoms with Crippen LogP contribution in [-0.4, -0.2) is 47.6 Å². The van der Waals surface area contributed by atoms with Gasteiger partial charge in [-0.2, -0.15) is 0 Å². The second kappa shape index (κ2) is 10.4. The number of amides is 2. The second-order valence-electron chi connectivity index (χ2n) is 13.3. The fourth-order valence-electron chi connectivity index (χ4n) is 7.43. The number of anilines is 2. The lowest BCUT2D eigenvalue weighted by molar-refractivity contribution is -0.124. The van der Waals surface area contributed by atoms with E-state index in [4.69, 9.17) is 9.72 Å². The van der Waals surface area contributed by atoms with Crippen LogP contribution in [0.15, 0.2) is 24.3 Å². The predicted molar refractivity (Wildman–Crippen MR) is 152 cm³/mol. The van der Waals surface area contributed by atoms with E-state index in [-0.39, 0.29) is 23.0 Å². The summed E-state index contributed by atoms with van der Waals surface area (Å²) >= 11 is 0. The van der Waals surface area contributed by atoms with Crippen LogP contribution in [0.4, 0.5) is 16.3 Å². The van der Waals surface area contributed by atoms with Gasteiger partial charge >= 0.3 is 6.09 Å². The smallest absolute Gasteiger partial charge is 0.409 e. The molecule has 4 aliphatic rings. The van der Waals surface area contributed by atoms with Crippen LogP contribution in [0.3, 0.4) is 0 Å². The van der Waals surface area contributed by atoms with Gasteiger partial charge in [0.05, 0.1) is 17.8 Å². The van der Waals surface area contributed by atoms with Crippen molar-refractivity contribution in [3.63, 3.8) is 0 Å². The number of carbonyl (C=O) groups excluding carboxylic acids is 2. The molecule has 0 unspecified atom stereocenters. The molecule has 38 heavy (non-hydrogen) atoms. The van der Waals surface area contributed by atoms with E-state index >= 15 is 0 Å². The lowest BCUT2D eigenvalue weighted by Crippen LogP contribution is -2.47. The first-order chi connectivity index (χ1) is 18.0. The molecule has 0 aliphatic heterocycles. The summed E-state index contributed by atoms with van der Waals surface area (Å²) in [7, 11) is 1.75. The van der Waals surface area contributed by atoms with Crippen molar-refractivity contribution in [1.82, 2.24) is 9.88 Å². The van der Waals surface area contributed by atoms with Gasteiger partial charge in [-0.3, -0.25) is 4.79 Å². The van der Waals surface area contributed by atoms with Gasteiger partial charge in [0.25, 0.3) is 0 Å². The van der Waals surface area contributed by atoms with E-state index in [0.717, 1.165) is 45.7 Å². The number of carbonyl (C=O) groups is 2. The number of nitrogens with one attached hydrogen (secondary N) is 2. The van der Waals surface area contributed by atoms with Crippen LogP contribution in [0.25, 0.3) is 10.9 Å². The molecule has 1 aromatic heterocycles. The van der Waals surface area contributed by atoms with Crippen LogP contribution in [0.1, 0.15) is 77.7 Å². The Morgan fingerprint density at radius 3 is 2.34 bits per heavy atom. The standard InChI is InChI=1S/C31H44N4O3/c1-20-7-9-25-24(8-10-26(33-25)32-11-6-12-38-29(37)35(5)30(2,3)4)28(20)34-27(36)19-31-16-21-13-22(17-31)15-23(14-21)18-31/h7-10,21-23H,6,11-19H2,1-5H3,(H,32,33)(H,34,36). The molecule has 4 bridgehead atoms. The van der Waals surface area contributed by atoms with E-state index in [1.807, 2.05) is 52.0 Å². The maximum atomic E-state index is 13.3. The second-order valence-corrected chi connectivity index (χ2v) is 13.3. The summed E-state index contributed by atoms with van der Waals surface area (Å²) in [6.45, 7) is 8.96. The molecular formula is C31H44N4O3. The number of pyridine rings is 1. The van der Waals surface area contributed by atoms with Crippen molar-refractivity contribution < 1.29 is 14.3 Å². The molecule has 4 aliphatic carbocycles. The zero-order chi connectivity index (χ0) is 27.1. The van der Waals surface area contributed by atoms with E-state index in [9.17, 15) is 9.59 Å². The molecule has 2 amide bonds. The highest BCUT2D eigenvalue weighted by molar-refractivity contribution is 6.02. The van der Waals surface area contributed by atoms with Crippen molar-refractivity contribution >= 4 is 34.4 Å². The average molecular weight is 521 g/mol. The van der Waals surface area contributed by atoms with Gasteiger partial charge in [0.15, 0.2) is 0 Å². The Hall–Kier alpha value is -2.83. The maximum absolute atomic E-state index is 13.3. The summed E-state index contributed by atoms with van der Waals surface area (Å²) in [6.07, 6.45) is 8.92. The SMILES string of the molecule is Cc1ccc2nc(NCCCOC(=O)N(C)C(C)(C)C)ccc2c1NC(=O)CC12CC3CC(CC(C3)C1)C2. The van der Waals surface area contributed by atoms with Crippen LogP contribution in [0.5, 0.6) is 0 Å². The third kappa shape index (κ3) is 5.76. The van der Waals surface area contributed by atoms with Crippen LogP contribution in [-0.2, 0) is 9.53 Å². The molecule has 0 saturated heterocycles. The molecule has 0 radical (unpaired) electrons. The largest absolute Gasteiger partial charge is 0.449 e. The molecule has 6 rings (SSSR count). The normalized spacial score (nSPS) is 25.9. The third-order valence-electron chi connectivity index (χ3n) is 9.18. The minimum Gasteiger partial charge on any atom is -0.449 e. The van der Waals surface area contributed by atoms with Gasteiger partial charge < -0.3 is 20.3 Å². The third-order valence-corrected chi connectivity index (χ3v) is 9.18. The molecule has 4 saturated carbocycles. The van der Waals surface area contributed by atoms with E-state index in [0.29, 0.717) is 26.0 Å². The Bertz CT molecular complexity index is 1170. The van der Waals surface area contributed by atoms with Gasteiger partial charge in [-0.15, -0.1) is 0 Å². The Balaban J connectivity index is 1.17. The zero-order valence-electron chi connectivity index (χ0n) is 23.7.